The molecule has 1 saturated carbocycles. The average molecular weight is 565 g/mol. The van der Waals surface area contributed by atoms with Crippen LogP contribution in [0.2, 0.25) is 0 Å². The lowest BCUT2D eigenvalue weighted by atomic mass is 9.96. The maximum absolute atomic E-state index is 14.9. The molecule has 214 valence electrons. The molecule has 3 fully saturated rings. The van der Waals surface area contributed by atoms with Crippen LogP contribution < -0.4 is 10.6 Å². The van der Waals surface area contributed by atoms with E-state index in [-0.39, 0.29) is 24.7 Å². The fourth-order valence-electron chi connectivity index (χ4n) is 5.22. The number of likely N-dealkylation sites (tertiary alicyclic amines) is 2. The van der Waals surface area contributed by atoms with Gasteiger partial charge in [0.15, 0.2) is 0 Å². The lowest BCUT2D eigenvalue weighted by Gasteiger charge is -2.39. The number of halogens is 5. The van der Waals surface area contributed by atoms with Gasteiger partial charge in [-0.25, -0.2) is 13.6 Å². The van der Waals surface area contributed by atoms with E-state index >= 15 is 0 Å². The summed E-state index contributed by atoms with van der Waals surface area (Å²) in [6.07, 6.45) is -4.29. The maximum Gasteiger partial charge on any atom is 0.395 e. The molecule has 2 aliphatic heterocycles. The predicted molar refractivity (Wildman–Crippen MR) is 134 cm³/mol. The summed E-state index contributed by atoms with van der Waals surface area (Å²) in [5.41, 5.74) is 1.79. The van der Waals surface area contributed by atoms with Gasteiger partial charge in [0.05, 0.1) is 25.0 Å². The number of amides is 4. The molecule has 0 radical (unpaired) electrons. The monoisotopic (exact) mass is 564 g/mol. The number of urea groups is 1. The zero-order valence-electron chi connectivity index (χ0n) is 21.5. The number of benzene rings is 2. The molecule has 40 heavy (non-hydrogen) atoms. The third-order valence-corrected chi connectivity index (χ3v) is 7.69. The third kappa shape index (κ3) is 6.05. The summed E-state index contributed by atoms with van der Waals surface area (Å²) in [6, 6.07) is 10.9. The van der Waals surface area contributed by atoms with Crippen LogP contribution in [0.5, 0.6) is 0 Å². The van der Waals surface area contributed by atoms with E-state index in [4.69, 9.17) is 0 Å². The predicted octanol–water partition coefficient (Wildman–Crippen LogP) is 4.05. The van der Waals surface area contributed by atoms with Crippen LogP contribution in [0.4, 0.5) is 26.7 Å². The summed E-state index contributed by atoms with van der Waals surface area (Å²) in [6.45, 7) is -1.98. The van der Waals surface area contributed by atoms with Crippen molar-refractivity contribution in [3.05, 3.63) is 71.0 Å². The first-order chi connectivity index (χ1) is 19.0. The Morgan fingerprint density at radius 3 is 2.30 bits per heavy atom. The van der Waals surface area contributed by atoms with Crippen molar-refractivity contribution in [3.8, 4) is 0 Å². The number of nitrogens with one attached hydrogen (secondary N) is 2. The summed E-state index contributed by atoms with van der Waals surface area (Å²) in [5.74, 6) is -3.15. The summed E-state index contributed by atoms with van der Waals surface area (Å²) in [7, 11) is 0. The Morgan fingerprint density at radius 1 is 0.975 bits per heavy atom. The Morgan fingerprint density at radius 2 is 1.68 bits per heavy atom. The molecule has 7 nitrogen and oxygen atoms in total. The molecule has 3 atom stereocenters. The topological polar surface area (TPSA) is 81.8 Å². The molecule has 2 N–H and O–H groups in total. The van der Waals surface area contributed by atoms with Gasteiger partial charge < -0.3 is 20.4 Å². The van der Waals surface area contributed by atoms with Crippen LogP contribution in [-0.4, -0.2) is 72.2 Å². The normalized spacial score (nSPS) is 22.0. The van der Waals surface area contributed by atoms with E-state index in [1.807, 2.05) is 0 Å². The Bertz CT molecular complexity index is 1260. The van der Waals surface area contributed by atoms with Gasteiger partial charge >= 0.3 is 12.2 Å². The maximum atomic E-state index is 14.9. The van der Waals surface area contributed by atoms with E-state index in [0.29, 0.717) is 16.7 Å². The van der Waals surface area contributed by atoms with E-state index in [9.17, 15) is 36.3 Å². The van der Waals surface area contributed by atoms with E-state index in [1.54, 1.807) is 42.5 Å². The van der Waals surface area contributed by atoms with Gasteiger partial charge in [-0.1, -0.05) is 42.5 Å². The number of alkyl halides is 4. The van der Waals surface area contributed by atoms with Crippen molar-refractivity contribution in [1.29, 1.82) is 0 Å². The first-order valence-electron chi connectivity index (χ1n) is 13.2. The highest BCUT2D eigenvalue weighted by atomic mass is 19.4. The number of hydrogen-bond acceptors (Lipinski definition) is 3. The molecule has 0 aromatic heterocycles. The SMILES string of the molecule is O=C(NC(c1ccccc1)c1ccc(C2CC2)c(F)c1)C1CC(F)CN1C(=O)CNC(=O)N1CC(C(F)(F)F)C1. The number of carbonyl (C=O) groups is 3. The second-order valence-corrected chi connectivity index (χ2v) is 10.6. The number of rotatable bonds is 7. The quantitative estimate of drug-likeness (QED) is 0.498. The minimum absolute atomic E-state index is 0.200. The Hall–Kier alpha value is -3.70. The molecular weight excluding hydrogens is 535 g/mol. The van der Waals surface area contributed by atoms with Gasteiger partial charge in [0, 0.05) is 19.5 Å². The largest absolute Gasteiger partial charge is 0.395 e. The standard InChI is InChI=1S/C28H29F5N4O3/c29-20-11-23(37(15-20)24(38)12-34-27(40)36-13-19(14-36)28(31,32)33)26(39)35-25(17-4-2-1-3-5-17)18-8-9-21(16-6-7-16)22(30)10-18/h1-5,8-10,16,19-20,23,25H,6-7,11-15H2,(H,34,40)(H,35,39). The van der Waals surface area contributed by atoms with Crippen LogP contribution in [0.15, 0.2) is 48.5 Å². The van der Waals surface area contributed by atoms with E-state index in [1.165, 1.54) is 6.07 Å². The summed E-state index contributed by atoms with van der Waals surface area (Å²) in [5, 5.41) is 5.10. The molecule has 3 aliphatic rings. The molecule has 12 heteroatoms. The van der Waals surface area contributed by atoms with Gasteiger partial charge in [-0.15, -0.1) is 0 Å². The van der Waals surface area contributed by atoms with Gasteiger partial charge in [0.2, 0.25) is 11.8 Å². The second kappa shape index (κ2) is 11.1. The Kier molecular flexibility index (Phi) is 7.70. The zero-order valence-corrected chi connectivity index (χ0v) is 21.5. The highest BCUT2D eigenvalue weighted by Crippen LogP contribution is 2.42. The lowest BCUT2D eigenvalue weighted by Crippen LogP contribution is -2.59. The molecular formula is C28H29F5N4O3. The molecule has 0 bridgehead atoms. The van der Waals surface area contributed by atoms with Crippen LogP contribution in [0.25, 0.3) is 0 Å². The van der Waals surface area contributed by atoms with E-state index in [2.05, 4.69) is 10.6 Å². The molecule has 5 rings (SSSR count). The van der Waals surface area contributed by atoms with Crippen LogP contribution in [-0.2, 0) is 9.59 Å². The van der Waals surface area contributed by atoms with Crippen LogP contribution in [0.3, 0.4) is 0 Å². The van der Waals surface area contributed by atoms with Gasteiger partial charge in [0.1, 0.15) is 18.0 Å². The molecule has 3 unspecified atom stereocenters. The number of nitrogens with zero attached hydrogens (tertiary/aromatic N) is 2. The van der Waals surface area contributed by atoms with Crippen molar-refractivity contribution in [3.63, 3.8) is 0 Å². The van der Waals surface area contributed by atoms with E-state index < -0.39 is 67.8 Å². The molecule has 1 aliphatic carbocycles. The lowest BCUT2D eigenvalue weighted by molar-refractivity contribution is -0.202. The summed E-state index contributed by atoms with van der Waals surface area (Å²) in [4.78, 5) is 40.3. The molecule has 2 heterocycles. The van der Waals surface area contributed by atoms with Gasteiger partial charge in [0.25, 0.3) is 0 Å². The first-order valence-corrected chi connectivity index (χ1v) is 13.2. The molecule has 2 aromatic rings. The van der Waals surface area contributed by atoms with Crippen molar-refractivity contribution in [2.75, 3.05) is 26.2 Å². The second-order valence-electron chi connectivity index (χ2n) is 10.6. The van der Waals surface area contributed by atoms with Gasteiger partial charge in [-0.3, -0.25) is 9.59 Å². The smallest absolute Gasteiger partial charge is 0.343 e. The summed E-state index contributed by atoms with van der Waals surface area (Å²) < 4.78 is 67.3. The molecule has 2 aromatic carbocycles. The van der Waals surface area contributed by atoms with Gasteiger partial charge in [-0.2, -0.15) is 13.2 Å². The third-order valence-electron chi connectivity index (χ3n) is 7.69. The fourth-order valence-corrected chi connectivity index (χ4v) is 5.22. The number of carbonyl (C=O) groups excluding carboxylic acids is 3. The fraction of sp³-hybridized carbons (Fsp3) is 0.464. The van der Waals surface area contributed by atoms with Gasteiger partial charge in [-0.05, 0) is 41.5 Å². The number of hydrogen-bond donors (Lipinski definition) is 2. The first kappa shape index (κ1) is 27.9. The Labute approximate surface area is 227 Å². The highest BCUT2D eigenvalue weighted by molar-refractivity contribution is 5.91. The summed E-state index contributed by atoms with van der Waals surface area (Å²) >= 11 is 0. The van der Waals surface area contributed by atoms with Crippen molar-refractivity contribution in [2.24, 2.45) is 5.92 Å². The van der Waals surface area contributed by atoms with Crippen molar-refractivity contribution in [2.45, 2.75) is 49.6 Å². The molecule has 2 saturated heterocycles. The van der Waals surface area contributed by atoms with Crippen molar-refractivity contribution >= 4 is 17.8 Å². The van der Waals surface area contributed by atoms with Crippen LogP contribution in [0, 0.1) is 11.7 Å². The minimum atomic E-state index is -4.40. The average Bonchev–Trinajstić information content (AvgIpc) is 3.64. The van der Waals surface area contributed by atoms with Crippen LogP contribution >= 0.6 is 0 Å². The molecule has 0 spiro atoms. The zero-order chi connectivity index (χ0) is 28.6. The van der Waals surface area contributed by atoms with Crippen LogP contribution in [0.1, 0.15) is 47.9 Å². The van der Waals surface area contributed by atoms with Crippen molar-refractivity contribution in [1.82, 2.24) is 20.4 Å². The molecule has 4 amide bonds. The van der Waals surface area contributed by atoms with Crippen molar-refractivity contribution < 1.29 is 36.3 Å². The van der Waals surface area contributed by atoms with E-state index in [0.717, 1.165) is 22.6 Å². The minimum Gasteiger partial charge on any atom is -0.343 e. The highest BCUT2D eigenvalue weighted by Gasteiger charge is 2.49. The Balaban J connectivity index is 1.25.